The number of hydrogen-bond donors (Lipinski definition) is 0. The molecule has 2 unspecified atom stereocenters. The minimum atomic E-state index is 0.156. The second-order valence-electron chi connectivity index (χ2n) is 3.64. The van der Waals surface area contributed by atoms with Crippen molar-refractivity contribution >= 4 is 6.47 Å². The molecule has 12 heavy (non-hydrogen) atoms. The van der Waals surface area contributed by atoms with Crippen LogP contribution in [0.4, 0.5) is 0 Å². The average molecular weight is 171 g/mol. The van der Waals surface area contributed by atoms with E-state index in [1.54, 1.807) is 0 Å². The van der Waals surface area contributed by atoms with E-state index >= 15 is 0 Å². The van der Waals surface area contributed by atoms with Gasteiger partial charge in [0.1, 0.15) is 6.10 Å². The third-order valence-corrected chi connectivity index (χ3v) is 2.58. The molecule has 0 radical (unpaired) electrons. The molecule has 0 bridgehead atoms. The Labute approximate surface area is 73.7 Å². The molecule has 0 spiro atoms. The van der Waals surface area contributed by atoms with Crippen molar-refractivity contribution in [2.45, 2.75) is 37.8 Å². The van der Waals surface area contributed by atoms with Crippen LogP contribution in [0.15, 0.2) is 0 Å². The van der Waals surface area contributed by atoms with Crippen molar-refractivity contribution in [3.8, 4) is 0 Å². The van der Waals surface area contributed by atoms with Gasteiger partial charge in [-0.3, -0.25) is 4.79 Å². The van der Waals surface area contributed by atoms with E-state index in [9.17, 15) is 4.79 Å². The maximum Gasteiger partial charge on any atom is 0.293 e. The summed E-state index contributed by atoms with van der Waals surface area (Å²) in [6, 6.07) is 0.587. The molecule has 0 aromatic heterocycles. The normalized spacial score (nSPS) is 30.2. The zero-order valence-electron chi connectivity index (χ0n) is 7.82. The highest BCUT2D eigenvalue weighted by Crippen LogP contribution is 2.23. The number of nitrogens with zero attached hydrogens (tertiary/aromatic N) is 1. The third kappa shape index (κ3) is 2.48. The van der Waals surface area contributed by atoms with E-state index in [4.69, 9.17) is 4.74 Å². The Bertz CT molecular complexity index is 147. The van der Waals surface area contributed by atoms with Crippen LogP contribution in [0.5, 0.6) is 0 Å². The maximum absolute atomic E-state index is 10.1. The Morgan fingerprint density at radius 2 is 2.17 bits per heavy atom. The Hall–Kier alpha value is -0.570. The quantitative estimate of drug-likeness (QED) is 0.594. The van der Waals surface area contributed by atoms with Crippen LogP contribution in [0, 0.1) is 0 Å². The van der Waals surface area contributed by atoms with Crippen molar-refractivity contribution in [3.63, 3.8) is 0 Å². The molecule has 3 heteroatoms. The first-order valence-electron chi connectivity index (χ1n) is 4.49. The molecule has 0 aromatic carbocycles. The van der Waals surface area contributed by atoms with Gasteiger partial charge in [0.25, 0.3) is 6.47 Å². The van der Waals surface area contributed by atoms with Crippen LogP contribution in [-0.4, -0.2) is 37.6 Å². The summed E-state index contributed by atoms with van der Waals surface area (Å²) in [7, 11) is 4.15. The molecule has 0 heterocycles. The summed E-state index contributed by atoms with van der Waals surface area (Å²) < 4.78 is 4.96. The monoisotopic (exact) mass is 171 g/mol. The van der Waals surface area contributed by atoms with Gasteiger partial charge in [-0.1, -0.05) is 0 Å². The predicted octanol–water partition coefficient (Wildman–Crippen LogP) is 1.03. The maximum atomic E-state index is 10.1. The molecule has 70 valence electrons. The lowest BCUT2D eigenvalue weighted by atomic mass is 9.92. The van der Waals surface area contributed by atoms with Gasteiger partial charge in [-0.2, -0.15) is 0 Å². The number of ether oxygens (including phenoxy) is 1. The Balaban J connectivity index is 2.34. The van der Waals surface area contributed by atoms with Crippen LogP contribution < -0.4 is 0 Å². The number of rotatable bonds is 3. The van der Waals surface area contributed by atoms with E-state index in [1.165, 1.54) is 12.8 Å². The van der Waals surface area contributed by atoms with Crippen molar-refractivity contribution in [2.75, 3.05) is 14.1 Å². The smallest absolute Gasteiger partial charge is 0.293 e. The fourth-order valence-electron chi connectivity index (χ4n) is 1.79. The molecule has 0 saturated heterocycles. The predicted molar refractivity (Wildman–Crippen MR) is 46.9 cm³/mol. The van der Waals surface area contributed by atoms with Crippen LogP contribution in [-0.2, 0) is 9.53 Å². The molecule has 0 aliphatic heterocycles. The van der Waals surface area contributed by atoms with Gasteiger partial charge >= 0.3 is 0 Å². The van der Waals surface area contributed by atoms with Crippen molar-refractivity contribution < 1.29 is 9.53 Å². The SMILES string of the molecule is CN(C)C1CCCC(OC=O)C1. The molecule has 1 aliphatic carbocycles. The van der Waals surface area contributed by atoms with E-state index in [2.05, 4.69) is 19.0 Å². The van der Waals surface area contributed by atoms with E-state index in [1.807, 2.05) is 0 Å². The zero-order chi connectivity index (χ0) is 8.97. The highest BCUT2D eigenvalue weighted by Gasteiger charge is 2.23. The lowest BCUT2D eigenvalue weighted by Gasteiger charge is -2.32. The highest BCUT2D eigenvalue weighted by atomic mass is 16.5. The summed E-state index contributed by atoms with van der Waals surface area (Å²) >= 11 is 0. The van der Waals surface area contributed by atoms with Gasteiger partial charge in [0.05, 0.1) is 0 Å². The molecule has 0 aromatic rings. The molecule has 1 rings (SSSR count). The molecule has 1 aliphatic rings. The van der Waals surface area contributed by atoms with Crippen LogP contribution in [0.2, 0.25) is 0 Å². The fraction of sp³-hybridized carbons (Fsp3) is 0.889. The third-order valence-electron chi connectivity index (χ3n) is 2.58. The Morgan fingerprint density at radius 1 is 1.42 bits per heavy atom. The van der Waals surface area contributed by atoms with Crippen LogP contribution >= 0.6 is 0 Å². The van der Waals surface area contributed by atoms with Gasteiger partial charge < -0.3 is 9.64 Å². The highest BCUT2D eigenvalue weighted by molar-refractivity contribution is 5.37. The van der Waals surface area contributed by atoms with E-state index in [0.717, 1.165) is 12.8 Å². The van der Waals surface area contributed by atoms with Gasteiger partial charge in [-0.05, 0) is 39.8 Å². The van der Waals surface area contributed by atoms with Gasteiger partial charge in [-0.25, -0.2) is 0 Å². The first-order valence-corrected chi connectivity index (χ1v) is 4.49. The molecular formula is C9H17NO2. The summed E-state index contributed by atoms with van der Waals surface area (Å²) in [5, 5.41) is 0. The molecule has 3 nitrogen and oxygen atoms in total. The average Bonchev–Trinajstić information content (AvgIpc) is 2.05. The van der Waals surface area contributed by atoms with Gasteiger partial charge in [0, 0.05) is 6.04 Å². The van der Waals surface area contributed by atoms with Crippen LogP contribution in [0.3, 0.4) is 0 Å². The summed E-state index contributed by atoms with van der Waals surface area (Å²) in [5.74, 6) is 0. The van der Waals surface area contributed by atoms with Gasteiger partial charge in [-0.15, -0.1) is 0 Å². The summed E-state index contributed by atoms with van der Waals surface area (Å²) in [5.41, 5.74) is 0. The van der Waals surface area contributed by atoms with Gasteiger partial charge in [0.15, 0.2) is 0 Å². The summed E-state index contributed by atoms with van der Waals surface area (Å²) in [6.45, 7) is 0.572. The standard InChI is InChI=1S/C9H17NO2/c1-10(2)8-4-3-5-9(6-8)12-7-11/h7-9H,3-6H2,1-2H3. The second-order valence-corrected chi connectivity index (χ2v) is 3.64. The fourth-order valence-corrected chi connectivity index (χ4v) is 1.79. The van der Waals surface area contributed by atoms with Crippen molar-refractivity contribution in [2.24, 2.45) is 0 Å². The number of carbonyl (C=O) groups excluding carboxylic acids is 1. The lowest BCUT2D eigenvalue weighted by Crippen LogP contribution is -2.36. The second kappa shape index (κ2) is 4.45. The molecule has 2 atom stereocenters. The molecular weight excluding hydrogens is 154 g/mol. The van der Waals surface area contributed by atoms with Crippen LogP contribution in [0.25, 0.3) is 0 Å². The van der Waals surface area contributed by atoms with Crippen LogP contribution in [0.1, 0.15) is 25.7 Å². The van der Waals surface area contributed by atoms with Crippen molar-refractivity contribution in [1.82, 2.24) is 4.90 Å². The number of carbonyl (C=O) groups is 1. The van der Waals surface area contributed by atoms with Gasteiger partial charge in [0.2, 0.25) is 0 Å². The molecule has 1 fully saturated rings. The van der Waals surface area contributed by atoms with E-state index < -0.39 is 0 Å². The van der Waals surface area contributed by atoms with E-state index in [0.29, 0.717) is 12.5 Å². The minimum Gasteiger partial charge on any atom is -0.465 e. The summed E-state index contributed by atoms with van der Waals surface area (Å²) in [6.07, 6.45) is 4.57. The molecule has 1 saturated carbocycles. The molecule has 0 amide bonds. The van der Waals surface area contributed by atoms with Crippen molar-refractivity contribution in [1.29, 1.82) is 0 Å². The van der Waals surface area contributed by atoms with E-state index in [-0.39, 0.29) is 6.10 Å². The summed E-state index contributed by atoms with van der Waals surface area (Å²) in [4.78, 5) is 12.3. The lowest BCUT2D eigenvalue weighted by molar-refractivity contribution is -0.135. The molecule has 0 N–H and O–H groups in total. The number of hydrogen-bond acceptors (Lipinski definition) is 3. The van der Waals surface area contributed by atoms with Crippen molar-refractivity contribution in [3.05, 3.63) is 0 Å². The Morgan fingerprint density at radius 3 is 2.75 bits per heavy atom. The first kappa shape index (κ1) is 9.52. The minimum absolute atomic E-state index is 0.156. The zero-order valence-corrected chi connectivity index (χ0v) is 7.82. The Kier molecular flexibility index (Phi) is 3.53. The topological polar surface area (TPSA) is 29.5 Å². The first-order chi connectivity index (χ1) is 5.74. The largest absolute Gasteiger partial charge is 0.465 e.